The van der Waals surface area contributed by atoms with E-state index in [9.17, 15) is 9.59 Å². The summed E-state index contributed by atoms with van der Waals surface area (Å²) in [5, 5.41) is 8.29. The highest BCUT2D eigenvalue weighted by Crippen LogP contribution is 2.03. The van der Waals surface area contributed by atoms with Crippen LogP contribution in [0.5, 0.6) is 0 Å². The van der Waals surface area contributed by atoms with Gasteiger partial charge in [-0.15, -0.1) is 12.4 Å². The molecule has 0 radical (unpaired) electrons. The highest BCUT2D eigenvalue weighted by Gasteiger charge is 1.99. The first-order valence-electron chi connectivity index (χ1n) is 5.48. The van der Waals surface area contributed by atoms with Gasteiger partial charge in [0.1, 0.15) is 0 Å². The average Bonchev–Trinajstić information content (AvgIpc) is 2.33. The molecule has 6 heteroatoms. The smallest absolute Gasteiger partial charge is 0.239 e. The van der Waals surface area contributed by atoms with Crippen molar-refractivity contribution in [2.24, 2.45) is 0 Å². The van der Waals surface area contributed by atoms with Crippen molar-refractivity contribution in [2.75, 3.05) is 25.0 Å². The number of para-hydroxylation sites is 1. The summed E-state index contributed by atoms with van der Waals surface area (Å²) < 4.78 is 0. The van der Waals surface area contributed by atoms with Crippen molar-refractivity contribution in [3.63, 3.8) is 0 Å². The lowest BCUT2D eigenvalue weighted by atomic mass is 10.3. The van der Waals surface area contributed by atoms with E-state index in [0.717, 1.165) is 5.69 Å². The molecule has 0 unspecified atom stereocenters. The first kappa shape index (κ1) is 16.2. The van der Waals surface area contributed by atoms with Gasteiger partial charge in [0, 0.05) is 25.7 Å². The summed E-state index contributed by atoms with van der Waals surface area (Å²) >= 11 is 0. The van der Waals surface area contributed by atoms with Gasteiger partial charge in [0.25, 0.3) is 0 Å². The SMILES string of the molecule is CC(=O)NCCNC(=O)CNc1ccccc1.Cl. The maximum absolute atomic E-state index is 11.4. The maximum Gasteiger partial charge on any atom is 0.239 e. The minimum atomic E-state index is -0.0980. The Kier molecular flexibility index (Phi) is 8.39. The summed E-state index contributed by atoms with van der Waals surface area (Å²) in [6.45, 7) is 2.56. The topological polar surface area (TPSA) is 70.2 Å². The van der Waals surface area contributed by atoms with Gasteiger partial charge in [0.15, 0.2) is 0 Å². The minimum absolute atomic E-state index is 0. The molecule has 0 saturated heterocycles. The zero-order chi connectivity index (χ0) is 12.5. The lowest BCUT2D eigenvalue weighted by molar-refractivity contribution is -0.121. The molecule has 0 fully saturated rings. The number of rotatable bonds is 6. The normalized spacial score (nSPS) is 8.94. The van der Waals surface area contributed by atoms with Crippen molar-refractivity contribution in [3.05, 3.63) is 30.3 Å². The van der Waals surface area contributed by atoms with Crippen LogP contribution in [0.1, 0.15) is 6.92 Å². The zero-order valence-corrected chi connectivity index (χ0v) is 11.0. The van der Waals surface area contributed by atoms with Gasteiger partial charge < -0.3 is 16.0 Å². The number of amides is 2. The van der Waals surface area contributed by atoms with E-state index in [4.69, 9.17) is 0 Å². The van der Waals surface area contributed by atoms with E-state index in [0.29, 0.717) is 13.1 Å². The number of carbonyl (C=O) groups is 2. The Bertz CT molecular complexity index is 371. The van der Waals surface area contributed by atoms with Gasteiger partial charge in [-0.3, -0.25) is 9.59 Å². The van der Waals surface area contributed by atoms with Gasteiger partial charge in [-0.1, -0.05) is 18.2 Å². The molecule has 1 rings (SSSR count). The van der Waals surface area contributed by atoms with E-state index in [1.54, 1.807) is 0 Å². The standard InChI is InChI=1S/C12H17N3O2.ClH/c1-10(16)13-7-8-14-12(17)9-15-11-5-3-2-4-6-11;/h2-6,15H,7-9H2,1H3,(H,13,16)(H,14,17);1H. The molecular formula is C12H18ClN3O2. The van der Waals surface area contributed by atoms with Crippen LogP contribution < -0.4 is 16.0 Å². The monoisotopic (exact) mass is 271 g/mol. The van der Waals surface area contributed by atoms with E-state index in [1.807, 2.05) is 30.3 Å². The van der Waals surface area contributed by atoms with Crippen LogP contribution in [0.3, 0.4) is 0 Å². The van der Waals surface area contributed by atoms with E-state index < -0.39 is 0 Å². The van der Waals surface area contributed by atoms with Crippen LogP contribution in [-0.4, -0.2) is 31.4 Å². The van der Waals surface area contributed by atoms with Crippen molar-refractivity contribution in [2.45, 2.75) is 6.92 Å². The zero-order valence-electron chi connectivity index (χ0n) is 10.2. The lowest BCUT2D eigenvalue weighted by Crippen LogP contribution is -2.36. The van der Waals surface area contributed by atoms with Crippen molar-refractivity contribution in [3.8, 4) is 0 Å². The summed E-state index contributed by atoms with van der Waals surface area (Å²) in [7, 11) is 0. The molecule has 0 aliphatic heterocycles. The van der Waals surface area contributed by atoms with Crippen molar-refractivity contribution in [1.82, 2.24) is 10.6 Å². The first-order valence-corrected chi connectivity index (χ1v) is 5.48. The van der Waals surface area contributed by atoms with Crippen LogP contribution in [0.2, 0.25) is 0 Å². The highest BCUT2D eigenvalue weighted by atomic mass is 35.5. The number of anilines is 1. The molecule has 0 heterocycles. The lowest BCUT2D eigenvalue weighted by Gasteiger charge is -2.07. The maximum atomic E-state index is 11.4. The molecule has 100 valence electrons. The predicted octanol–water partition coefficient (Wildman–Crippen LogP) is 0.773. The van der Waals surface area contributed by atoms with Gasteiger partial charge in [-0.05, 0) is 12.1 Å². The second kappa shape index (κ2) is 9.30. The molecule has 5 nitrogen and oxygen atoms in total. The third-order valence-electron chi connectivity index (χ3n) is 2.05. The number of nitrogens with one attached hydrogen (secondary N) is 3. The average molecular weight is 272 g/mol. The second-order valence-corrected chi connectivity index (χ2v) is 3.55. The molecule has 0 aromatic heterocycles. The van der Waals surface area contributed by atoms with Gasteiger partial charge in [-0.25, -0.2) is 0 Å². The molecule has 2 amide bonds. The van der Waals surface area contributed by atoms with E-state index in [1.165, 1.54) is 6.92 Å². The molecule has 0 atom stereocenters. The Balaban J connectivity index is 0.00000289. The van der Waals surface area contributed by atoms with Crippen molar-refractivity contribution >= 4 is 29.9 Å². The van der Waals surface area contributed by atoms with Gasteiger partial charge in [0.05, 0.1) is 6.54 Å². The fourth-order valence-corrected chi connectivity index (χ4v) is 1.24. The fourth-order valence-electron chi connectivity index (χ4n) is 1.24. The minimum Gasteiger partial charge on any atom is -0.376 e. The Morgan fingerprint density at radius 3 is 2.28 bits per heavy atom. The number of hydrogen-bond acceptors (Lipinski definition) is 3. The van der Waals surface area contributed by atoms with Crippen molar-refractivity contribution in [1.29, 1.82) is 0 Å². The van der Waals surface area contributed by atoms with Crippen LogP contribution in [-0.2, 0) is 9.59 Å². The molecule has 1 aromatic rings. The first-order chi connectivity index (χ1) is 8.18. The van der Waals surface area contributed by atoms with E-state index in [-0.39, 0.29) is 30.8 Å². The van der Waals surface area contributed by atoms with Crippen LogP contribution in [0.15, 0.2) is 30.3 Å². The summed E-state index contributed by atoms with van der Waals surface area (Å²) in [6, 6.07) is 9.50. The summed E-state index contributed by atoms with van der Waals surface area (Å²) in [5.41, 5.74) is 0.907. The van der Waals surface area contributed by atoms with E-state index in [2.05, 4.69) is 16.0 Å². The molecule has 0 spiro atoms. The molecular weight excluding hydrogens is 254 g/mol. The fraction of sp³-hybridized carbons (Fsp3) is 0.333. The highest BCUT2D eigenvalue weighted by molar-refractivity contribution is 5.85. The summed E-state index contributed by atoms with van der Waals surface area (Å²) in [4.78, 5) is 21.9. The number of carbonyl (C=O) groups excluding carboxylic acids is 2. The Labute approximate surface area is 113 Å². The predicted molar refractivity (Wildman–Crippen MR) is 73.9 cm³/mol. The molecule has 0 aliphatic rings. The molecule has 0 bridgehead atoms. The van der Waals surface area contributed by atoms with Gasteiger partial charge >= 0.3 is 0 Å². The Morgan fingerprint density at radius 1 is 1.06 bits per heavy atom. The van der Waals surface area contributed by atoms with Crippen LogP contribution >= 0.6 is 12.4 Å². The summed E-state index contributed by atoms with van der Waals surface area (Å²) in [6.07, 6.45) is 0. The third-order valence-corrected chi connectivity index (χ3v) is 2.05. The molecule has 1 aromatic carbocycles. The summed E-state index contributed by atoms with van der Waals surface area (Å²) in [5.74, 6) is -0.194. The number of hydrogen-bond donors (Lipinski definition) is 3. The molecule has 0 aliphatic carbocycles. The molecule has 3 N–H and O–H groups in total. The van der Waals surface area contributed by atoms with E-state index >= 15 is 0 Å². The Morgan fingerprint density at radius 2 is 1.67 bits per heavy atom. The molecule has 0 saturated carbocycles. The largest absolute Gasteiger partial charge is 0.376 e. The van der Waals surface area contributed by atoms with Crippen molar-refractivity contribution < 1.29 is 9.59 Å². The Hall–Kier alpha value is -1.75. The quantitative estimate of drug-likeness (QED) is 0.670. The molecule has 18 heavy (non-hydrogen) atoms. The van der Waals surface area contributed by atoms with Gasteiger partial charge in [-0.2, -0.15) is 0 Å². The van der Waals surface area contributed by atoms with Crippen LogP contribution in [0, 0.1) is 0 Å². The van der Waals surface area contributed by atoms with Gasteiger partial charge in [0.2, 0.25) is 11.8 Å². The number of benzene rings is 1. The van der Waals surface area contributed by atoms with Crippen LogP contribution in [0.4, 0.5) is 5.69 Å². The second-order valence-electron chi connectivity index (χ2n) is 3.55. The third kappa shape index (κ3) is 7.51. The van der Waals surface area contributed by atoms with Crippen LogP contribution in [0.25, 0.3) is 0 Å². The number of halogens is 1.